The number of amides is 1. The zero-order valence-corrected chi connectivity index (χ0v) is 21.1. The van der Waals surface area contributed by atoms with Crippen LogP contribution in [-0.2, 0) is 4.74 Å². The number of nitrogens with one attached hydrogen (secondary N) is 1. The summed E-state index contributed by atoms with van der Waals surface area (Å²) in [5.74, 6) is -0.994. The van der Waals surface area contributed by atoms with Crippen molar-refractivity contribution in [1.82, 2.24) is 24.6 Å². The van der Waals surface area contributed by atoms with E-state index in [2.05, 4.69) is 31.4 Å². The molecule has 1 aliphatic carbocycles. The van der Waals surface area contributed by atoms with E-state index >= 15 is 0 Å². The summed E-state index contributed by atoms with van der Waals surface area (Å²) >= 11 is 5.79. The van der Waals surface area contributed by atoms with E-state index in [1.165, 1.54) is 22.6 Å². The molecule has 1 amide bonds. The molecule has 1 aliphatic heterocycles. The van der Waals surface area contributed by atoms with Crippen LogP contribution in [0.25, 0.3) is 11.4 Å². The highest BCUT2D eigenvalue weighted by molar-refractivity contribution is 6.30. The lowest BCUT2D eigenvalue weighted by atomic mass is 9.90. The van der Waals surface area contributed by atoms with Gasteiger partial charge in [-0.3, -0.25) is 14.7 Å². The summed E-state index contributed by atoms with van der Waals surface area (Å²) in [6, 6.07) is 3.65. The number of carbonyl (C=O) groups is 1. The number of pyridine rings is 2. The Labute approximate surface area is 214 Å². The van der Waals surface area contributed by atoms with Crippen LogP contribution in [0.5, 0.6) is 0 Å². The molecule has 1 fully saturated rings. The summed E-state index contributed by atoms with van der Waals surface area (Å²) in [6.45, 7) is 7.33. The van der Waals surface area contributed by atoms with E-state index in [4.69, 9.17) is 16.3 Å². The first-order valence-corrected chi connectivity index (χ1v) is 12.4. The predicted octanol–water partition coefficient (Wildman–Crippen LogP) is 4.59. The van der Waals surface area contributed by atoms with Crippen LogP contribution in [0, 0.1) is 19.7 Å². The van der Waals surface area contributed by atoms with E-state index in [1.807, 2.05) is 13.0 Å². The van der Waals surface area contributed by atoms with Crippen LogP contribution in [0.3, 0.4) is 0 Å². The number of hydrogen-bond donors (Lipinski definition) is 1. The molecule has 188 valence electrons. The second kappa shape index (κ2) is 10.5. The lowest BCUT2D eigenvalue weighted by Gasteiger charge is -2.36. The average Bonchev–Trinajstić information content (AvgIpc) is 3.26. The number of ether oxygens (including phenoxy) is 1. The maximum absolute atomic E-state index is 14.3. The van der Waals surface area contributed by atoms with Gasteiger partial charge in [0.15, 0.2) is 11.6 Å². The third-order valence-electron chi connectivity index (χ3n) is 6.83. The fraction of sp³-hybridized carbons (Fsp3) is 0.385. The van der Waals surface area contributed by atoms with Gasteiger partial charge in [0, 0.05) is 25.3 Å². The number of halogens is 2. The van der Waals surface area contributed by atoms with Gasteiger partial charge in [-0.15, -0.1) is 0 Å². The van der Waals surface area contributed by atoms with Crippen molar-refractivity contribution in [3.8, 4) is 5.82 Å². The largest absolute Gasteiger partial charge is 0.379 e. The number of hydrogen-bond acceptors (Lipinski definition) is 6. The Kier molecular flexibility index (Phi) is 7.13. The van der Waals surface area contributed by atoms with Gasteiger partial charge in [0.2, 0.25) is 0 Å². The lowest BCUT2D eigenvalue weighted by molar-refractivity contribution is 0.0150. The Bertz CT molecular complexity index is 1320. The van der Waals surface area contributed by atoms with Crippen molar-refractivity contribution in [2.24, 2.45) is 0 Å². The topological polar surface area (TPSA) is 85.2 Å². The highest BCUT2D eigenvalue weighted by Crippen LogP contribution is 2.31. The minimum absolute atomic E-state index is 0.0190. The smallest absolute Gasteiger partial charge is 0.259 e. The van der Waals surface area contributed by atoms with Crippen molar-refractivity contribution in [3.63, 3.8) is 0 Å². The molecule has 0 spiro atoms. The standard InChI is InChI=1S/C26H28ClFN6O2/c1-16-11-20(14-29-24(16)18-3-5-21(6-4-18)33-7-9-36-10-8-33)32-26(35)22-15-31-34(17(22)2)25-23(28)12-19(27)13-30-25/h3,11-15,21H,4-10H2,1-2H3,(H,32,35). The van der Waals surface area contributed by atoms with Crippen LogP contribution in [0.2, 0.25) is 5.02 Å². The fourth-order valence-electron chi connectivity index (χ4n) is 4.90. The van der Waals surface area contributed by atoms with E-state index in [0.29, 0.717) is 23.0 Å². The fourth-order valence-corrected chi connectivity index (χ4v) is 5.04. The molecule has 3 aromatic rings. The third-order valence-corrected chi connectivity index (χ3v) is 7.04. The third kappa shape index (κ3) is 5.04. The summed E-state index contributed by atoms with van der Waals surface area (Å²) in [5, 5.41) is 7.22. The van der Waals surface area contributed by atoms with Gasteiger partial charge in [0.05, 0.1) is 53.3 Å². The molecule has 5 rings (SSSR count). The number of morpholine rings is 1. The molecular formula is C26H28ClFN6O2. The SMILES string of the molecule is Cc1cc(NC(=O)c2cnn(-c3ncc(Cl)cc3F)c2C)cnc1C1=CCC(N2CCOCC2)CC1. The number of anilines is 1. The van der Waals surface area contributed by atoms with Gasteiger partial charge in [-0.05, 0) is 56.4 Å². The van der Waals surface area contributed by atoms with Crippen LogP contribution in [0.1, 0.15) is 46.6 Å². The molecule has 0 bridgehead atoms. The van der Waals surface area contributed by atoms with E-state index in [0.717, 1.165) is 62.9 Å². The zero-order valence-electron chi connectivity index (χ0n) is 20.3. The van der Waals surface area contributed by atoms with Crippen molar-refractivity contribution < 1.29 is 13.9 Å². The first-order valence-electron chi connectivity index (χ1n) is 12.1. The molecule has 4 heterocycles. The van der Waals surface area contributed by atoms with Gasteiger partial charge in [-0.2, -0.15) is 5.10 Å². The van der Waals surface area contributed by atoms with Gasteiger partial charge >= 0.3 is 0 Å². The molecule has 0 saturated carbocycles. The molecule has 1 unspecified atom stereocenters. The highest BCUT2D eigenvalue weighted by atomic mass is 35.5. The molecule has 3 aromatic heterocycles. The van der Waals surface area contributed by atoms with Crippen molar-refractivity contribution in [2.45, 2.75) is 39.2 Å². The van der Waals surface area contributed by atoms with Gasteiger partial charge < -0.3 is 10.1 Å². The van der Waals surface area contributed by atoms with Crippen molar-refractivity contribution in [1.29, 1.82) is 0 Å². The molecule has 10 heteroatoms. The van der Waals surface area contributed by atoms with Crippen molar-refractivity contribution >= 4 is 28.8 Å². The molecule has 0 aromatic carbocycles. The van der Waals surface area contributed by atoms with E-state index in [1.54, 1.807) is 13.1 Å². The number of aryl methyl sites for hydroxylation is 1. The van der Waals surface area contributed by atoms with Crippen LogP contribution >= 0.6 is 11.6 Å². The zero-order chi connectivity index (χ0) is 25.2. The van der Waals surface area contributed by atoms with Gasteiger partial charge in [-0.1, -0.05) is 17.7 Å². The number of carbonyl (C=O) groups excluding carboxylic acids is 1. The molecule has 0 radical (unpaired) electrons. The summed E-state index contributed by atoms with van der Waals surface area (Å²) < 4.78 is 21.1. The minimum Gasteiger partial charge on any atom is -0.379 e. The van der Waals surface area contributed by atoms with Crippen molar-refractivity contribution in [3.05, 3.63) is 70.2 Å². The van der Waals surface area contributed by atoms with Gasteiger partial charge in [0.25, 0.3) is 5.91 Å². The molecule has 1 atom stereocenters. The molecular weight excluding hydrogens is 483 g/mol. The van der Waals surface area contributed by atoms with Gasteiger partial charge in [0.1, 0.15) is 0 Å². The molecule has 36 heavy (non-hydrogen) atoms. The predicted molar refractivity (Wildman–Crippen MR) is 136 cm³/mol. The number of aromatic nitrogens is 4. The highest BCUT2D eigenvalue weighted by Gasteiger charge is 2.24. The first-order chi connectivity index (χ1) is 17.4. The van der Waals surface area contributed by atoms with E-state index < -0.39 is 5.82 Å². The molecule has 1 saturated heterocycles. The Morgan fingerprint density at radius 2 is 1.97 bits per heavy atom. The Balaban J connectivity index is 1.27. The lowest BCUT2D eigenvalue weighted by Crippen LogP contribution is -2.43. The Morgan fingerprint density at radius 3 is 2.67 bits per heavy atom. The second-order valence-electron chi connectivity index (χ2n) is 9.16. The molecule has 1 N–H and O–H groups in total. The first kappa shape index (κ1) is 24.5. The Hall–Kier alpha value is -3.14. The molecule has 8 nitrogen and oxygen atoms in total. The van der Waals surface area contributed by atoms with Crippen LogP contribution in [0.4, 0.5) is 10.1 Å². The summed E-state index contributed by atoms with van der Waals surface area (Å²) in [7, 11) is 0. The maximum Gasteiger partial charge on any atom is 0.259 e. The minimum atomic E-state index is -0.621. The summed E-state index contributed by atoms with van der Waals surface area (Å²) in [5.41, 5.74) is 4.60. The number of allylic oxidation sites excluding steroid dienone is 1. The quantitative estimate of drug-likeness (QED) is 0.540. The Morgan fingerprint density at radius 1 is 1.17 bits per heavy atom. The molecule has 2 aliphatic rings. The van der Waals surface area contributed by atoms with Crippen molar-refractivity contribution in [2.75, 3.05) is 31.6 Å². The van der Waals surface area contributed by atoms with Crippen LogP contribution in [0.15, 0.2) is 36.8 Å². The maximum atomic E-state index is 14.3. The number of nitrogens with zero attached hydrogens (tertiary/aromatic N) is 5. The van der Waals surface area contributed by atoms with Crippen LogP contribution in [-0.4, -0.2) is 62.9 Å². The average molecular weight is 511 g/mol. The monoisotopic (exact) mass is 510 g/mol. The second-order valence-corrected chi connectivity index (χ2v) is 9.60. The summed E-state index contributed by atoms with van der Waals surface area (Å²) in [6.07, 6.45) is 9.82. The number of rotatable bonds is 5. The van der Waals surface area contributed by atoms with E-state index in [9.17, 15) is 9.18 Å². The van der Waals surface area contributed by atoms with Gasteiger partial charge in [-0.25, -0.2) is 14.1 Å². The summed E-state index contributed by atoms with van der Waals surface area (Å²) in [4.78, 5) is 24.1. The van der Waals surface area contributed by atoms with Crippen LogP contribution < -0.4 is 5.32 Å². The normalized spacial score (nSPS) is 18.7. The van der Waals surface area contributed by atoms with E-state index in [-0.39, 0.29) is 16.7 Å².